The van der Waals surface area contributed by atoms with Crippen molar-refractivity contribution in [1.29, 1.82) is 0 Å². The van der Waals surface area contributed by atoms with Crippen LogP contribution < -0.4 is 15.5 Å². The summed E-state index contributed by atoms with van der Waals surface area (Å²) >= 11 is 0. The van der Waals surface area contributed by atoms with Gasteiger partial charge in [-0.3, -0.25) is 4.79 Å². The molecule has 4 nitrogen and oxygen atoms in total. The summed E-state index contributed by atoms with van der Waals surface area (Å²) in [5.74, 6) is 0.180. The van der Waals surface area contributed by atoms with Crippen LogP contribution in [0.2, 0.25) is 0 Å². The fourth-order valence-electron chi connectivity index (χ4n) is 3.00. The Labute approximate surface area is 114 Å². The molecular formula is C15H21N3O. The van der Waals surface area contributed by atoms with E-state index in [1.807, 2.05) is 0 Å². The third-order valence-corrected chi connectivity index (χ3v) is 4.07. The molecule has 1 amide bonds. The molecule has 3 rings (SSSR count). The van der Waals surface area contributed by atoms with Crippen molar-refractivity contribution in [3.05, 3.63) is 30.3 Å². The zero-order valence-corrected chi connectivity index (χ0v) is 11.1. The first-order valence-electron chi connectivity index (χ1n) is 7.14. The number of hydrogen-bond donors (Lipinski definition) is 2. The van der Waals surface area contributed by atoms with Gasteiger partial charge in [-0.25, -0.2) is 0 Å². The molecule has 1 unspecified atom stereocenters. The van der Waals surface area contributed by atoms with Crippen LogP contribution in [0.25, 0.3) is 0 Å². The van der Waals surface area contributed by atoms with Gasteiger partial charge in [-0.15, -0.1) is 0 Å². The molecule has 0 bridgehead atoms. The van der Waals surface area contributed by atoms with E-state index in [9.17, 15) is 4.79 Å². The van der Waals surface area contributed by atoms with E-state index in [2.05, 4.69) is 45.9 Å². The summed E-state index contributed by atoms with van der Waals surface area (Å²) in [6.45, 7) is 2.98. The van der Waals surface area contributed by atoms with E-state index < -0.39 is 0 Å². The second kappa shape index (κ2) is 5.61. The number of carbonyl (C=O) groups is 1. The molecule has 1 atom stereocenters. The Bertz CT molecular complexity index is 426. The maximum Gasteiger partial charge on any atom is 0.221 e. The molecule has 2 aliphatic heterocycles. The standard InChI is InChI=1S/C15H21N3O/c19-15-10-13(11-16-15)17-12-6-8-18(9-7-12)14-4-2-1-3-5-14/h1-5,12-13,17H,6-11H2,(H,16,19). The summed E-state index contributed by atoms with van der Waals surface area (Å²) in [5, 5.41) is 6.49. The molecule has 0 aromatic heterocycles. The summed E-state index contributed by atoms with van der Waals surface area (Å²) in [6.07, 6.45) is 2.94. The molecule has 0 saturated carbocycles. The Kier molecular flexibility index (Phi) is 3.69. The minimum Gasteiger partial charge on any atom is -0.371 e. The van der Waals surface area contributed by atoms with Crippen LogP contribution >= 0.6 is 0 Å². The van der Waals surface area contributed by atoms with Crippen molar-refractivity contribution in [2.45, 2.75) is 31.3 Å². The number of para-hydroxylation sites is 1. The van der Waals surface area contributed by atoms with Crippen molar-refractivity contribution in [1.82, 2.24) is 10.6 Å². The zero-order valence-electron chi connectivity index (χ0n) is 11.1. The Morgan fingerprint density at radius 1 is 1.11 bits per heavy atom. The maximum atomic E-state index is 11.2. The lowest BCUT2D eigenvalue weighted by atomic mass is 10.0. The number of amides is 1. The lowest BCUT2D eigenvalue weighted by Crippen LogP contribution is -2.46. The van der Waals surface area contributed by atoms with Crippen molar-refractivity contribution in [3.8, 4) is 0 Å². The molecule has 4 heteroatoms. The van der Waals surface area contributed by atoms with E-state index in [-0.39, 0.29) is 5.91 Å². The van der Waals surface area contributed by atoms with Gasteiger partial charge in [0.05, 0.1) is 0 Å². The van der Waals surface area contributed by atoms with Crippen molar-refractivity contribution in [3.63, 3.8) is 0 Å². The number of piperidine rings is 1. The molecule has 0 radical (unpaired) electrons. The molecule has 19 heavy (non-hydrogen) atoms. The summed E-state index contributed by atoms with van der Waals surface area (Å²) in [5.41, 5.74) is 1.32. The maximum absolute atomic E-state index is 11.2. The van der Waals surface area contributed by atoms with E-state index in [1.165, 1.54) is 5.69 Å². The van der Waals surface area contributed by atoms with Gasteiger partial charge in [0.25, 0.3) is 0 Å². The largest absolute Gasteiger partial charge is 0.371 e. The second-order valence-corrected chi connectivity index (χ2v) is 5.47. The number of hydrogen-bond acceptors (Lipinski definition) is 3. The normalized spacial score (nSPS) is 24.5. The van der Waals surface area contributed by atoms with Gasteiger partial charge in [0.1, 0.15) is 0 Å². The first kappa shape index (κ1) is 12.5. The number of carbonyl (C=O) groups excluding carboxylic acids is 1. The minimum atomic E-state index is 0.180. The molecule has 1 aromatic carbocycles. The van der Waals surface area contributed by atoms with Crippen molar-refractivity contribution in [2.75, 3.05) is 24.5 Å². The second-order valence-electron chi connectivity index (χ2n) is 5.47. The molecule has 0 aliphatic carbocycles. The highest BCUT2D eigenvalue weighted by atomic mass is 16.1. The summed E-state index contributed by atoms with van der Waals surface area (Å²) < 4.78 is 0. The summed E-state index contributed by atoms with van der Waals surface area (Å²) in [4.78, 5) is 13.6. The van der Waals surface area contributed by atoms with Crippen LogP contribution in [-0.2, 0) is 4.79 Å². The van der Waals surface area contributed by atoms with E-state index in [1.54, 1.807) is 0 Å². The quantitative estimate of drug-likeness (QED) is 0.855. The first-order valence-corrected chi connectivity index (χ1v) is 7.14. The van der Waals surface area contributed by atoms with Gasteiger partial charge in [0.15, 0.2) is 0 Å². The lowest BCUT2D eigenvalue weighted by molar-refractivity contribution is -0.119. The van der Waals surface area contributed by atoms with E-state index >= 15 is 0 Å². The SMILES string of the molecule is O=C1CC(NC2CCN(c3ccccc3)CC2)CN1. The molecule has 2 aliphatic rings. The van der Waals surface area contributed by atoms with Crippen LogP contribution in [0.1, 0.15) is 19.3 Å². The predicted molar refractivity (Wildman–Crippen MR) is 76.2 cm³/mol. The van der Waals surface area contributed by atoms with Gasteiger partial charge in [0.2, 0.25) is 5.91 Å². The smallest absolute Gasteiger partial charge is 0.221 e. The monoisotopic (exact) mass is 259 g/mol. The Morgan fingerprint density at radius 3 is 2.47 bits per heavy atom. The van der Waals surface area contributed by atoms with Crippen LogP contribution in [0.3, 0.4) is 0 Å². The van der Waals surface area contributed by atoms with Crippen molar-refractivity contribution >= 4 is 11.6 Å². The van der Waals surface area contributed by atoms with Gasteiger partial charge < -0.3 is 15.5 Å². The van der Waals surface area contributed by atoms with Crippen LogP contribution in [0.5, 0.6) is 0 Å². The predicted octanol–water partition coefficient (Wildman–Crippen LogP) is 1.13. The van der Waals surface area contributed by atoms with E-state index in [4.69, 9.17) is 0 Å². The number of anilines is 1. The van der Waals surface area contributed by atoms with E-state index in [0.29, 0.717) is 18.5 Å². The number of nitrogens with zero attached hydrogens (tertiary/aromatic N) is 1. The molecule has 1 aromatic rings. The highest BCUT2D eigenvalue weighted by molar-refractivity contribution is 5.78. The van der Waals surface area contributed by atoms with Gasteiger partial charge in [-0.1, -0.05) is 18.2 Å². The number of benzene rings is 1. The molecule has 2 heterocycles. The fraction of sp³-hybridized carbons (Fsp3) is 0.533. The van der Waals surface area contributed by atoms with Gasteiger partial charge in [-0.05, 0) is 25.0 Å². The molecule has 2 saturated heterocycles. The van der Waals surface area contributed by atoms with Crippen LogP contribution in [0.4, 0.5) is 5.69 Å². The summed E-state index contributed by atoms with van der Waals surface area (Å²) in [7, 11) is 0. The summed E-state index contributed by atoms with van der Waals surface area (Å²) in [6, 6.07) is 11.5. The van der Waals surface area contributed by atoms with Crippen molar-refractivity contribution < 1.29 is 4.79 Å². The average Bonchev–Trinajstić information content (AvgIpc) is 2.86. The average molecular weight is 259 g/mol. The molecule has 2 fully saturated rings. The first-order chi connectivity index (χ1) is 9.31. The third-order valence-electron chi connectivity index (χ3n) is 4.07. The third kappa shape index (κ3) is 3.07. The number of nitrogens with one attached hydrogen (secondary N) is 2. The van der Waals surface area contributed by atoms with Crippen molar-refractivity contribution in [2.24, 2.45) is 0 Å². The van der Waals surface area contributed by atoms with Gasteiger partial charge in [-0.2, -0.15) is 0 Å². The molecule has 102 valence electrons. The fourth-order valence-corrected chi connectivity index (χ4v) is 3.00. The highest BCUT2D eigenvalue weighted by Crippen LogP contribution is 2.20. The Morgan fingerprint density at radius 2 is 1.84 bits per heavy atom. The van der Waals surface area contributed by atoms with Crippen LogP contribution in [0.15, 0.2) is 30.3 Å². The molecule has 0 spiro atoms. The number of rotatable bonds is 3. The van der Waals surface area contributed by atoms with Crippen LogP contribution in [0, 0.1) is 0 Å². The molecular weight excluding hydrogens is 238 g/mol. The van der Waals surface area contributed by atoms with Crippen LogP contribution in [-0.4, -0.2) is 37.6 Å². The van der Waals surface area contributed by atoms with E-state index in [0.717, 1.165) is 32.5 Å². The highest BCUT2D eigenvalue weighted by Gasteiger charge is 2.26. The van der Waals surface area contributed by atoms with Gasteiger partial charge >= 0.3 is 0 Å². The Hall–Kier alpha value is -1.55. The molecule has 2 N–H and O–H groups in total. The lowest BCUT2D eigenvalue weighted by Gasteiger charge is -2.35. The Balaban J connectivity index is 1.48. The topological polar surface area (TPSA) is 44.4 Å². The zero-order chi connectivity index (χ0) is 13.1. The minimum absolute atomic E-state index is 0.180. The van der Waals surface area contributed by atoms with Gasteiger partial charge in [0, 0.05) is 43.8 Å².